The van der Waals surface area contributed by atoms with E-state index in [0.717, 1.165) is 42.9 Å². The zero-order valence-electron chi connectivity index (χ0n) is 19.9. The Morgan fingerprint density at radius 2 is 1.52 bits per heavy atom. The summed E-state index contributed by atoms with van der Waals surface area (Å²) in [5.74, 6) is 4.94. The Hall–Kier alpha value is -0.0800. The van der Waals surface area contributed by atoms with Crippen molar-refractivity contribution in [3.05, 3.63) is 0 Å². The van der Waals surface area contributed by atoms with E-state index in [1.807, 2.05) is 0 Å². The molecule has 4 aliphatic carbocycles. The summed E-state index contributed by atoms with van der Waals surface area (Å²) < 4.78 is 0. The van der Waals surface area contributed by atoms with Gasteiger partial charge >= 0.3 is 0 Å². The third kappa shape index (κ3) is 3.73. The predicted octanol–water partition coefficient (Wildman–Crippen LogP) is 6.44. The van der Waals surface area contributed by atoms with E-state index in [4.69, 9.17) is 0 Å². The Morgan fingerprint density at radius 1 is 0.828 bits per heavy atom. The van der Waals surface area contributed by atoms with Gasteiger partial charge in [0.1, 0.15) is 0 Å². The molecule has 0 aromatic heterocycles. The minimum Gasteiger partial charge on any atom is -0.393 e. The van der Waals surface area contributed by atoms with Crippen LogP contribution >= 0.6 is 0 Å². The molecule has 0 saturated heterocycles. The second-order valence-electron chi connectivity index (χ2n) is 12.8. The predicted molar refractivity (Wildman–Crippen MR) is 120 cm³/mol. The van der Waals surface area contributed by atoms with Crippen molar-refractivity contribution in [2.75, 3.05) is 0 Å². The number of hydrogen-bond acceptors (Lipinski definition) is 2. The topological polar surface area (TPSA) is 40.5 Å². The third-order valence-electron chi connectivity index (χ3n) is 10.9. The van der Waals surface area contributed by atoms with E-state index in [1.54, 1.807) is 0 Å². The maximum Gasteiger partial charge on any atom is 0.0577 e. The maximum atomic E-state index is 11.4. The molecule has 3 unspecified atom stereocenters. The first-order valence-electron chi connectivity index (χ1n) is 13.0. The van der Waals surface area contributed by atoms with Crippen molar-refractivity contribution in [2.45, 2.75) is 117 Å². The van der Waals surface area contributed by atoms with Crippen LogP contribution in [0.4, 0.5) is 0 Å². The van der Waals surface area contributed by atoms with Crippen molar-refractivity contribution >= 4 is 0 Å². The summed E-state index contributed by atoms with van der Waals surface area (Å²) in [7, 11) is 0. The van der Waals surface area contributed by atoms with Crippen molar-refractivity contribution in [3.63, 3.8) is 0 Å². The van der Waals surface area contributed by atoms with Crippen LogP contribution in [0.3, 0.4) is 0 Å². The average molecular weight is 405 g/mol. The summed E-state index contributed by atoms with van der Waals surface area (Å²) >= 11 is 0. The van der Waals surface area contributed by atoms with Crippen LogP contribution in [0.5, 0.6) is 0 Å². The minimum absolute atomic E-state index is 0.131. The molecule has 0 radical (unpaired) electrons. The van der Waals surface area contributed by atoms with Gasteiger partial charge in [-0.25, -0.2) is 0 Å². The van der Waals surface area contributed by atoms with Gasteiger partial charge < -0.3 is 10.2 Å². The molecule has 2 nitrogen and oxygen atoms in total. The van der Waals surface area contributed by atoms with Crippen LogP contribution in [-0.2, 0) is 0 Å². The number of aliphatic hydroxyl groups is 2. The quantitative estimate of drug-likeness (QED) is 0.553. The van der Waals surface area contributed by atoms with Gasteiger partial charge in [-0.2, -0.15) is 0 Å². The lowest BCUT2D eigenvalue weighted by Gasteiger charge is -2.62. The van der Waals surface area contributed by atoms with Crippen LogP contribution in [0.1, 0.15) is 105 Å². The number of fused-ring (bicyclic) bond motifs is 5. The second kappa shape index (κ2) is 8.12. The van der Waals surface area contributed by atoms with Gasteiger partial charge in [-0.15, -0.1) is 0 Å². The molecule has 29 heavy (non-hydrogen) atoms. The van der Waals surface area contributed by atoms with Crippen LogP contribution < -0.4 is 0 Å². The van der Waals surface area contributed by atoms with Gasteiger partial charge in [0, 0.05) is 0 Å². The molecule has 0 aromatic rings. The van der Waals surface area contributed by atoms with Crippen LogP contribution in [0.15, 0.2) is 0 Å². The van der Waals surface area contributed by atoms with Gasteiger partial charge in [-0.05, 0) is 104 Å². The maximum absolute atomic E-state index is 11.4. The highest BCUT2D eigenvalue weighted by Crippen LogP contribution is 2.68. The SMILES string of the molecule is CC(C)CCC[C@@H](C)[C@H]1CCC2C3C(CC[C@@]21C)[C@@]1(C)CC[C@H](O)C[C@@H]1C[C@@H]3O. The van der Waals surface area contributed by atoms with Crippen LogP contribution in [0, 0.1) is 52.3 Å². The fourth-order valence-electron chi connectivity index (χ4n) is 9.22. The van der Waals surface area contributed by atoms with Crippen molar-refractivity contribution in [1.82, 2.24) is 0 Å². The summed E-state index contributed by atoms with van der Waals surface area (Å²) in [5, 5.41) is 21.6. The molecule has 0 heterocycles. The number of rotatable bonds is 5. The average Bonchev–Trinajstić information content (AvgIpc) is 3.00. The highest BCUT2D eigenvalue weighted by atomic mass is 16.3. The number of aliphatic hydroxyl groups excluding tert-OH is 2. The molecular weight excluding hydrogens is 356 g/mol. The van der Waals surface area contributed by atoms with E-state index in [0.29, 0.717) is 28.6 Å². The largest absolute Gasteiger partial charge is 0.393 e. The molecular formula is C27H48O2. The monoisotopic (exact) mass is 404 g/mol. The van der Waals surface area contributed by atoms with E-state index in [2.05, 4.69) is 34.6 Å². The van der Waals surface area contributed by atoms with Crippen LogP contribution in [-0.4, -0.2) is 22.4 Å². The molecule has 0 amide bonds. The van der Waals surface area contributed by atoms with Crippen molar-refractivity contribution < 1.29 is 10.2 Å². The standard InChI is InChI=1S/C27H48O2/c1-17(2)7-6-8-18(3)21-9-10-22-25-23(12-14-27(21,22)5)26(4)13-11-20(28)15-19(26)16-24(25)29/h17-25,28-29H,6-16H2,1-5H3/t18-,19-,20+,21-,22?,23?,24+,25?,26+,27-/m1/s1. The fourth-order valence-corrected chi connectivity index (χ4v) is 9.22. The van der Waals surface area contributed by atoms with E-state index in [9.17, 15) is 10.2 Å². The van der Waals surface area contributed by atoms with E-state index in [1.165, 1.54) is 51.4 Å². The Balaban J connectivity index is 1.50. The molecule has 2 N–H and O–H groups in total. The van der Waals surface area contributed by atoms with Gasteiger partial charge in [-0.1, -0.05) is 53.9 Å². The zero-order valence-corrected chi connectivity index (χ0v) is 19.9. The van der Waals surface area contributed by atoms with Crippen molar-refractivity contribution in [1.29, 1.82) is 0 Å². The Kier molecular flexibility index (Phi) is 6.19. The number of hydrogen-bond donors (Lipinski definition) is 2. The summed E-state index contributed by atoms with van der Waals surface area (Å²) in [6, 6.07) is 0. The lowest BCUT2D eigenvalue weighted by atomic mass is 9.43. The van der Waals surface area contributed by atoms with E-state index < -0.39 is 0 Å². The second-order valence-corrected chi connectivity index (χ2v) is 12.8. The molecule has 168 valence electrons. The molecule has 0 aliphatic heterocycles. The zero-order chi connectivity index (χ0) is 21.0. The van der Waals surface area contributed by atoms with Crippen LogP contribution in [0.2, 0.25) is 0 Å². The minimum atomic E-state index is -0.136. The summed E-state index contributed by atoms with van der Waals surface area (Å²) in [5.41, 5.74) is 0.794. The van der Waals surface area contributed by atoms with Gasteiger partial charge in [0.2, 0.25) is 0 Å². The smallest absolute Gasteiger partial charge is 0.0577 e. The first kappa shape index (κ1) is 22.1. The van der Waals surface area contributed by atoms with E-state index >= 15 is 0 Å². The van der Waals surface area contributed by atoms with E-state index in [-0.39, 0.29) is 12.2 Å². The highest BCUT2D eigenvalue weighted by molar-refractivity contribution is 5.11. The summed E-state index contributed by atoms with van der Waals surface area (Å²) in [6.07, 6.45) is 13.3. The first-order valence-corrected chi connectivity index (χ1v) is 13.0. The fraction of sp³-hybridized carbons (Fsp3) is 1.00. The van der Waals surface area contributed by atoms with Gasteiger partial charge in [0.15, 0.2) is 0 Å². The van der Waals surface area contributed by atoms with Crippen molar-refractivity contribution in [3.8, 4) is 0 Å². The molecule has 0 aromatic carbocycles. The molecule has 2 heteroatoms. The highest BCUT2D eigenvalue weighted by Gasteiger charge is 2.62. The third-order valence-corrected chi connectivity index (χ3v) is 10.9. The Morgan fingerprint density at radius 3 is 2.24 bits per heavy atom. The summed E-state index contributed by atoms with van der Waals surface area (Å²) in [6.45, 7) is 12.4. The van der Waals surface area contributed by atoms with Gasteiger partial charge in [-0.3, -0.25) is 0 Å². The molecule has 4 rings (SSSR count). The molecule has 10 atom stereocenters. The molecule has 0 spiro atoms. The Bertz CT molecular complexity index is 573. The van der Waals surface area contributed by atoms with Gasteiger partial charge in [0.05, 0.1) is 12.2 Å². The van der Waals surface area contributed by atoms with Crippen molar-refractivity contribution in [2.24, 2.45) is 52.3 Å². The Labute approximate surface area is 180 Å². The molecule has 4 aliphatic rings. The normalized spacial score (nSPS) is 50.7. The lowest BCUT2D eigenvalue weighted by molar-refractivity contribution is -0.174. The van der Waals surface area contributed by atoms with Crippen LogP contribution in [0.25, 0.3) is 0 Å². The molecule has 4 saturated carbocycles. The molecule has 0 bridgehead atoms. The summed E-state index contributed by atoms with van der Waals surface area (Å²) in [4.78, 5) is 0. The molecule has 4 fully saturated rings. The first-order chi connectivity index (χ1) is 13.7. The van der Waals surface area contributed by atoms with Gasteiger partial charge in [0.25, 0.3) is 0 Å². The lowest BCUT2D eigenvalue weighted by Crippen LogP contribution is -2.58.